The van der Waals surface area contributed by atoms with E-state index in [1.165, 1.54) is 5.56 Å². The van der Waals surface area contributed by atoms with Crippen molar-refractivity contribution in [1.82, 2.24) is 9.36 Å². The Bertz CT molecular complexity index is 771. The average molecular weight is 282 g/mol. The summed E-state index contributed by atoms with van der Waals surface area (Å²) in [6, 6.07) is 16.5. The molecule has 0 aliphatic rings. The Morgan fingerprint density at radius 1 is 1.05 bits per heavy atom. The number of benzene rings is 2. The fourth-order valence-electron chi connectivity index (χ4n) is 2.21. The maximum atomic E-state index is 11.3. The molecule has 0 aliphatic carbocycles. The van der Waals surface area contributed by atoms with Gasteiger partial charge in [0.2, 0.25) is 0 Å². The van der Waals surface area contributed by atoms with Gasteiger partial charge < -0.3 is 0 Å². The van der Waals surface area contributed by atoms with E-state index in [0.29, 0.717) is 5.82 Å². The Kier molecular flexibility index (Phi) is 3.48. The van der Waals surface area contributed by atoms with E-state index < -0.39 is 0 Å². The molecule has 2 aromatic carbocycles. The minimum atomic E-state index is -0.129. The predicted molar refractivity (Wildman–Crippen MR) is 83.0 cm³/mol. The van der Waals surface area contributed by atoms with Crippen LogP contribution in [0.3, 0.4) is 0 Å². The number of nitrogens with one attached hydrogen (secondary N) is 1. The van der Waals surface area contributed by atoms with E-state index >= 15 is 0 Å². The van der Waals surface area contributed by atoms with Crippen LogP contribution < -0.4 is 4.87 Å². The van der Waals surface area contributed by atoms with Crippen molar-refractivity contribution >= 4 is 11.5 Å². The lowest BCUT2D eigenvalue weighted by molar-refractivity contribution is 1.14. The molecule has 20 heavy (non-hydrogen) atoms. The highest BCUT2D eigenvalue weighted by atomic mass is 32.1. The lowest BCUT2D eigenvalue weighted by Gasteiger charge is -2.08. The first kappa shape index (κ1) is 12.8. The first-order valence-electron chi connectivity index (χ1n) is 6.52. The number of hydrogen-bond donors (Lipinski definition) is 1. The second-order valence-corrected chi connectivity index (χ2v) is 5.28. The van der Waals surface area contributed by atoms with Crippen molar-refractivity contribution in [2.45, 2.75) is 13.3 Å². The maximum Gasteiger partial charge on any atom is 0.323 e. The van der Waals surface area contributed by atoms with E-state index in [-0.39, 0.29) is 4.87 Å². The van der Waals surface area contributed by atoms with Gasteiger partial charge in [-0.2, -0.15) is 4.37 Å². The van der Waals surface area contributed by atoms with Crippen LogP contribution in [0.25, 0.3) is 22.5 Å². The van der Waals surface area contributed by atoms with Gasteiger partial charge in [0.15, 0.2) is 5.82 Å². The summed E-state index contributed by atoms with van der Waals surface area (Å²) in [6.45, 7) is 2.14. The van der Waals surface area contributed by atoms with E-state index in [1.54, 1.807) is 0 Å². The molecule has 0 amide bonds. The van der Waals surface area contributed by atoms with Gasteiger partial charge in [0.25, 0.3) is 0 Å². The minimum absolute atomic E-state index is 0.129. The van der Waals surface area contributed by atoms with Gasteiger partial charge in [-0.25, -0.2) is 0 Å². The fourth-order valence-corrected chi connectivity index (χ4v) is 2.67. The molecule has 0 saturated carbocycles. The number of H-pyrrole nitrogens is 1. The summed E-state index contributed by atoms with van der Waals surface area (Å²) >= 11 is 0.948. The standard InChI is InChI=1S/C16H14N2OS/c1-2-11-7-9-12(10-8-11)13-5-3-4-6-14(13)15-17-16(19)20-18-15/h3-10H,2H2,1H3,(H,17,18,19). The summed E-state index contributed by atoms with van der Waals surface area (Å²) in [6.07, 6.45) is 1.03. The molecule has 1 heterocycles. The van der Waals surface area contributed by atoms with Crippen LogP contribution in [0.15, 0.2) is 53.3 Å². The SMILES string of the molecule is CCc1ccc(-c2ccccc2-c2nsc(=O)[nH]2)cc1. The van der Waals surface area contributed by atoms with Crippen molar-refractivity contribution in [3.63, 3.8) is 0 Å². The molecule has 4 heteroatoms. The molecule has 0 unspecified atom stereocenters. The molecule has 1 aromatic heterocycles. The maximum absolute atomic E-state index is 11.3. The van der Waals surface area contributed by atoms with Gasteiger partial charge in [0.05, 0.1) is 0 Å². The van der Waals surface area contributed by atoms with Crippen molar-refractivity contribution in [3.8, 4) is 22.5 Å². The third kappa shape index (κ3) is 2.42. The molecule has 0 radical (unpaired) electrons. The molecule has 0 atom stereocenters. The largest absolute Gasteiger partial charge is 0.323 e. The molecule has 0 saturated heterocycles. The summed E-state index contributed by atoms with van der Waals surface area (Å²) in [5.41, 5.74) is 4.48. The molecule has 100 valence electrons. The van der Waals surface area contributed by atoms with Crippen LogP contribution in [-0.2, 0) is 6.42 Å². The minimum Gasteiger partial charge on any atom is -0.296 e. The van der Waals surface area contributed by atoms with Crippen LogP contribution in [0, 0.1) is 0 Å². The predicted octanol–water partition coefficient (Wildman–Crippen LogP) is 3.73. The van der Waals surface area contributed by atoms with Crippen molar-refractivity contribution in [2.24, 2.45) is 0 Å². The van der Waals surface area contributed by atoms with Crippen LogP contribution in [-0.4, -0.2) is 9.36 Å². The summed E-state index contributed by atoms with van der Waals surface area (Å²) in [4.78, 5) is 13.9. The Labute approximate surface area is 121 Å². The van der Waals surface area contributed by atoms with Gasteiger partial charge in [-0.1, -0.05) is 55.5 Å². The van der Waals surface area contributed by atoms with Gasteiger partial charge in [-0.05, 0) is 23.1 Å². The van der Waals surface area contributed by atoms with E-state index in [9.17, 15) is 4.79 Å². The molecule has 0 bridgehead atoms. The number of aromatic amines is 1. The van der Waals surface area contributed by atoms with Crippen molar-refractivity contribution < 1.29 is 0 Å². The Morgan fingerprint density at radius 3 is 2.35 bits per heavy atom. The highest BCUT2D eigenvalue weighted by Gasteiger charge is 2.09. The lowest BCUT2D eigenvalue weighted by atomic mass is 9.98. The number of aryl methyl sites for hydroxylation is 1. The first-order chi connectivity index (χ1) is 9.78. The van der Waals surface area contributed by atoms with Crippen LogP contribution >= 0.6 is 11.5 Å². The van der Waals surface area contributed by atoms with Crippen molar-refractivity contribution in [3.05, 3.63) is 63.8 Å². The molecule has 3 nitrogen and oxygen atoms in total. The number of nitrogens with zero attached hydrogens (tertiary/aromatic N) is 1. The molecule has 3 aromatic rings. The Balaban J connectivity index is 2.11. The third-order valence-corrected chi connectivity index (χ3v) is 3.84. The van der Waals surface area contributed by atoms with Crippen LogP contribution in [0.1, 0.15) is 12.5 Å². The Morgan fingerprint density at radius 2 is 1.75 bits per heavy atom. The lowest BCUT2D eigenvalue weighted by Crippen LogP contribution is -1.94. The van der Waals surface area contributed by atoms with Gasteiger partial charge >= 0.3 is 4.87 Å². The normalized spacial score (nSPS) is 10.7. The zero-order valence-electron chi connectivity index (χ0n) is 11.1. The van der Waals surface area contributed by atoms with E-state index in [4.69, 9.17) is 0 Å². The van der Waals surface area contributed by atoms with Gasteiger partial charge in [-0.15, -0.1) is 0 Å². The molecule has 0 spiro atoms. The number of aromatic nitrogens is 2. The Hall–Kier alpha value is -2.20. The van der Waals surface area contributed by atoms with Crippen LogP contribution in [0.4, 0.5) is 0 Å². The second-order valence-electron chi connectivity index (χ2n) is 4.54. The van der Waals surface area contributed by atoms with Gasteiger partial charge in [-0.3, -0.25) is 9.78 Å². The molecule has 3 rings (SSSR count). The summed E-state index contributed by atoms with van der Waals surface area (Å²) in [7, 11) is 0. The molecule has 0 fully saturated rings. The van der Waals surface area contributed by atoms with Crippen molar-refractivity contribution in [1.29, 1.82) is 0 Å². The zero-order valence-corrected chi connectivity index (χ0v) is 11.9. The highest BCUT2D eigenvalue weighted by molar-refractivity contribution is 7.03. The zero-order chi connectivity index (χ0) is 13.9. The van der Waals surface area contributed by atoms with Crippen LogP contribution in [0.5, 0.6) is 0 Å². The first-order valence-corrected chi connectivity index (χ1v) is 7.30. The molecular weight excluding hydrogens is 268 g/mol. The number of rotatable bonds is 3. The van der Waals surface area contributed by atoms with Crippen molar-refractivity contribution in [2.75, 3.05) is 0 Å². The smallest absolute Gasteiger partial charge is 0.296 e. The quantitative estimate of drug-likeness (QED) is 0.795. The fraction of sp³-hybridized carbons (Fsp3) is 0.125. The molecular formula is C16H14N2OS. The van der Waals surface area contributed by atoms with E-state index in [1.807, 2.05) is 24.3 Å². The summed E-state index contributed by atoms with van der Waals surface area (Å²) in [5.74, 6) is 0.634. The summed E-state index contributed by atoms with van der Waals surface area (Å²) in [5, 5.41) is 0. The highest BCUT2D eigenvalue weighted by Crippen LogP contribution is 2.30. The van der Waals surface area contributed by atoms with E-state index in [2.05, 4.69) is 40.5 Å². The average Bonchev–Trinajstić information content (AvgIpc) is 2.94. The second kappa shape index (κ2) is 5.43. The van der Waals surface area contributed by atoms with Gasteiger partial charge in [0.1, 0.15) is 0 Å². The van der Waals surface area contributed by atoms with E-state index in [0.717, 1.165) is 34.6 Å². The molecule has 0 aliphatic heterocycles. The topological polar surface area (TPSA) is 45.8 Å². The summed E-state index contributed by atoms with van der Waals surface area (Å²) < 4.78 is 4.18. The van der Waals surface area contributed by atoms with Crippen LogP contribution in [0.2, 0.25) is 0 Å². The van der Waals surface area contributed by atoms with Gasteiger partial charge in [0, 0.05) is 17.1 Å². The monoisotopic (exact) mass is 282 g/mol. The number of hydrogen-bond acceptors (Lipinski definition) is 3. The third-order valence-electron chi connectivity index (χ3n) is 3.30. The molecule has 1 N–H and O–H groups in total.